The Morgan fingerprint density at radius 2 is 2.36 bits per heavy atom. The molecule has 3 nitrogen and oxygen atoms in total. The van der Waals surface area contributed by atoms with Crippen molar-refractivity contribution in [2.75, 3.05) is 6.61 Å². The van der Waals surface area contributed by atoms with Crippen LogP contribution in [-0.2, 0) is 6.42 Å². The van der Waals surface area contributed by atoms with E-state index in [1.165, 1.54) is 0 Å². The normalized spacial score (nSPS) is 19.7. The molecule has 1 aliphatic heterocycles. The van der Waals surface area contributed by atoms with Gasteiger partial charge in [0.25, 0.3) is 0 Å². The monoisotopic (exact) mass is 191 g/mol. The molecular weight excluding hydrogens is 178 g/mol. The average molecular weight is 191 g/mol. The highest BCUT2D eigenvalue weighted by atomic mass is 16.5. The van der Waals surface area contributed by atoms with E-state index in [-0.39, 0.29) is 11.8 Å². The van der Waals surface area contributed by atoms with Gasteiger partial charge in [0.15, 0.2) is 5.78 Å². The molecule has 0 fully saturated rings. The fourth-order valence-electron chi connectivity index (χ4n) is 1.76. The molecule has 0 saturated heterocycles. The number of benzene rings is 1. The lowest BCUT2D eigenvalue weighted by Gasteiger charge is -2.23. The van der Waals surface area contributed by atoms with E-state index < -0.39 is 0 Å². The van der Waals surface area contributed by atoms with Gasteiger partial charge in [-0.2, -0.15) is 0 Å². The molecule has 2 rings (SSSR count). The molecule has 1 aromatic rings. The number of fused-ring (bicyclic) bond motifs is 1. The van der Waals surface area contributed by atoms with Crippen LogP contribution in [0, 0.1) is 0 Å². The molecule has 1 unspecified atom stereocenters. The van der Waals surface area contributed by atoms with Crippen molar-refractivity contribution in [3.8, 4) is 5.75 Å². The summed E-state index contributed by atoms with van der Waals surface area (Å²) in [6, 6.07) is 5.55. The number of carbonyl (C=O) groups excluding carboxylic acids is 1. The van der Waals surface area contributed by atoms with Crippen molar-refractivity contribution in [1.82, 2.24) is 0 Å². The van der Waals surface area contributed by atoms with Crippen LogP contribution in [0.2, 0.25) is 0 Å². The van der Waals surface area contributed by atoms with Gasteiger partial charge in [0.05, 0.1) is 0 Å². The van der Waals surface area contributed by atoms with Gasteiger partial charge in [-0.25, -0.2) is 0 Å². The zero-order valence-electron chi connectivity index (χ0n) is 8.12. The first-order chi connectivity index (χ1) is 6.68. The molecule has 1 aromatic carbocycles. The second-order valence-corrected chi connectivity index (χ2v) is 3.61. The number of hydrogen-bond acceptors (Lipinski definition) is 3. The molecule has 2 N–H and O–H groups in total. The summed E-state index contributed by atoms with van der Waals surface area (Å²) in [7, 11) is 0. The summed E-state index contributed by atoms with van der Waals surface area (Å²) in [5, 5.41) is 0. The maximum atomic E-state index is 11.3. The van der Waals surface area contributed by atoms with Crippen LogP contribution in [0.1, 0.15) is 22.8 Å². The van der Waals surface area contributed by atoms with Gasteiger partial charge in [-0.3, -0.25) is 4.79 Å². The number of hydrogen-bond donors (Lipinski definition) is 1. The summed E-state index contributed by atoms with van der Waals surface area (Å²) in [5.74, 6) is 0.874. The Morgan fingerprint density at radius 3 is 3.07 bits per heavy atom. The second kappa shape index (κ2) is 3.42. The van der Waals surface area contributed by atoms with E-state index in [0.29, 0.717) is 6.61 Å². The van der Waals surface area contributed by atoms with Gasteiger partial charge in [0.2, 0.25) is 0 Å². The summed E-state index contributed by atoms with van der Waals surface area (Å²) in [4.78, 5) is 11.3. The maximum absolute atomic E-state index is 11.3. The molecule has 0 spiro atoms. The van der Waals surface area contributed by atoms with Gasteiger partial charge in [-0.1, -0.05) is 12.1 Å². The van der Waals surface area contributed by atoms with E-state index in [2.05, 4.69) is 0 Å². The van der Waals surface area contributed by atoms with Crippen molar-refractivity contribution in [3.63, 3.8) is 0 Å². The molecule has 1 heterocycles. The standard InChI is InChI=1S/C11H13NO2/c1-7(13)9-3-2-4-11-10(9)5-8(12)6-14-11/h2-4,8H,5-6,12H2,1H3. The number of rotatable bonds is 1. The lowest BCUT2D eigenvalue weighted by molar-refractivity contribution is 0.101. The summed E-state index contributed by atoms with van der Waals surface area (Å²) >= 11 is 0. The molecule has 1 atom stereocenters. The van der Waals surface area contributed by atoms with Crippen LogP contribution in [0.4, 0.5) is 0 Å². The highest BCUT2D eigenvalue weighted by Gasteiger charge is 2.20. The Labute approximate surface area is 82.9 Å². The van der Waals surface area contributed by atoms with Gasteiger partial charge >= 0.3 is 0 Å². The van der Waals surface area contributed by atoms with Crippen LogP contribution in [0.25, 0.3) is 0 Å². The van der Waals surface area contributed by atoms with E-state index in [4.69, 9.17) is 10.5 Å². The minimum atomic E-state index is 0.00278. The van der Waals surface area contributed by atoms with E-state index in [1.54, 1.807) is 6.92 Å². The van der Waals surface area contributed by atoms with Crippen molar-refractivity contribution in [3.05, 3.63) is 29.3 Å². The minimum absolute atomic E-state index is 0.00278. The Morgan fingerprint density at radius 1 is 1.57 bits per heavy atom. The summed E-state index contributed by atoms with van der Waals surface area (Å²) in [6.45, 7) is 2.10. The van der Waals surface area contributed by atoms with E-state index >= 15 is 0 Å². The highest BCUT2D eigenvalue weighted by molar-refractivity contribution is 5.96. The summed E-state index contributed by atoms with van der Waals surface area (Å²) in [6.07, 6.45) is 0.727. The smallest absolute Gasteiger partial charge is 0.160 e. The third-order valence-electron chi connectivity index (χ3n) is 2.43. The molecule has 0 aliphatic carbocycles. The van der Waals surface area contributed by atoms with E-state index in [0.717, 1.165) is 23.3 Å². The van der Waals surface area contributed by atoms with Crippen LogP contribution in [0.5, 0.6) is 5.75 Å². The number of ether oxygens (including phenoxy) is 1. The van der Waals surface area contributed by atoms with Crippen LogP contribution in [-0.4, -0.2) is 18.4 Å². The molecule has 1 aliphatic rings. The Hall–Kier alpha value is -1.35. The molecule has 14 heavy (non-hydrogen) atoms. The molecule has 74 valence electrons. The Balaban J connectivity index is 2.48. The van der Waals surface area contributed by atoms with E-state index in [1.807, 2.05) is 18.2 Å². The van der Waals surface area contributed by atoms with Crippen LogP contribution < -0.4 is 10.5 Å². The van der Waals surface area contributed by atoms with E-state index in [9.17, 15) is 4.79 Å². The third kappa shape index (κ3) is 1.51. The Kier molecular flexibility index (Phi) is 2.25. The van der Waals surface area contributed by atoms with Crippen LogP contribution >= 0.6 is 0 Å². The Bertz CT molecular complexity index is 374. The lowest BCUT2D eigenvalue weighted by Crippen LogP contribution is -2.34. The quantitative estimate of drug-likeness (QED) is 0.677. The molecule has 0 aromatic heterocycles. The first kappa shape index (κ1) is 9.21. The van der Waals surface area contributed by atoms with Gasteiger partial charge in [-0.05, 0) is 19.4 Å². The molecule has 0 saturated carbocycles. The van der Waals surface area contributed by atoms with Gasteiger partial charge in [0.1, 0.15) is 12.4 Å². The van der Waals surface area contributed by atoms with Gasteiger partial charge < -0.3 is 10.5 Å². The predicted molar refractivity (Wildman–Crippen MR) is 53.6 cm³/mol. The number of ketones is 1. The first-order valence-corrected chi connectivity index (χ1v) is 4.69. The topological polar surface area (TPSA) is 52.3 Å². The average Bonchev–Trinajstić information content (AvgIpc) is 2.16. The van der Waals surface area contributed by atoms with Crippen molar-refractivity contribution in [1.29, 1.82) is 0 Å². The fourth-order valence-corrected chi connectivity index (χ4v) is 1.76. The number of carbonyl (C=O) groups is 1. The second-order valence-electron chi connectivity index (χ2n) is 3.61. The lowest BCUT2D eigenvalue weighted by atomic mass is 9.96. The molecule has 0 bridgehead atoms. The maximum Gasteiger partial charge on any atom is 0.160 e. The molecule has 3 heteroatoms. The van der Waals surface area contributed by atoms with Gasteiger partial charge in [-0.15, -0.1) is 0 Å². The van der Waals surface area contributed by atoms with Crippen molar-refractivity contribution in [2.45, 2.75) is 19.4 Å². The minimum Gasteiger partial charge on any atom is -0.492 e. The number of Topliss-reactive ketones (excluding diaryl/α,β-unsaturated/α-hetero) is 1. The molecule has 0 amide bonds. The van der Waals surface area contributed by atoms with Crippen molar-refractivity contribution < 1.29 is 9.53 Å². The largest absolute Gasteiger partial charge is 0.492 e. The zero-order chi connectivity index (χ0) is 10.1. The molecule has 0 radical (unpaired) electrons. The summed E-state index contributed by atoms with van der Waals surface area (Å²) in [5.41, 5.74) is 7.47. The van der Waals surface area contributed by atoms with Crippen LogP contribution in [0.3, 0.4) is 0 Å². The molecular formula is C11H13NO2. The van der Waals surface area contributed by atoms with Gasteiger partial charge in [0, 0.05) is 17.2 Å². The zero-order valence-corrected chi connectivity index (χ0v) is 8.12. The SMILES string of the molecule is CC(=O)c1cccc2c1CC(N)CO2. The number of nitrogens with two attached hydrogens (primary N) is 1. The first-order valence-electron chi connectivity index (χ1n) is 4.69. The summed E-state index contributed by atoms with van der Waals surface area (Å²) < 4.78 is 5.45. The van der Waals surface area contributed by atoms with Crippen molar-refractivity contribution in [2.24, 2.45) is 5.73 Å². The van der Waals surface area contributed by atoms with Crippen LogP contribution in [0.15, 0.2) is 18.2 Å². The predicted octanol–water partition coefficient (Wildman–Crippen LogP) is 1.15. The fraction of sp³-hybridized carbons (Fsp3) is 0.364. The third-order valence-corrected chi connectivity index (χ3v) is 2.43. The highest BCUT2D eigenvalue weighted by Crippen LogP contribution is 2.27. The van der Waals surface area contributed by atoms with Crippen molar-refractivity contribution >= 4 is 5.78 Å².